The number of aromatic nitrogens is 2. The van der Waals surface area contributed by atoms with Gasteiger partial charge in [-0.05, 0) is 52.0 Å². The van der Waals surface area contributed by atoms with Gasteiger partial charge in [-0.15, -0.1) is 0 Å². The van der Waals surface area contributed by atoms with Gasteiger partial charge in [0.05, 0.1) is 26.2 Å². The van der Waals surface area contributed by atoms with E-state index >= 15 is 0 Å². The maximum Gasteiger partial charge on any atom is 0.0588 e. The molecule has 2 aromatic rings. The molecular weight excluding hydrogens is 472 g/mol. The summed E-state index contributed by atoms with van der Waals surface area (Å²) in [6, 6.07) is 12.0. The van der Waals surface area contributed by atoms with Gasteiger partial charge in [0, 0.05) is 96.1 Å². The van der Waals surface area contributed by atoms with Crippen molar-refractivity contribution in [1.29, 1.82) is 0 Å². The fraction of sp³-hybridized carbons (Fsp3) is 0.400. The van der Waals surface area contributed by atoms with E-state index in [1.807, 2.05) is 75.1 Å². The smallest absolute Gasteiger partial charge is 0.0588 e. The Labute approximate surface area is 227 Å². The number of pyridine rings is 2. The van der Waals surface area contributed by atoms with E-state index < -0.39 is 0 Å². The van der Waals surface area contributed by atoms with Gasteiger partial charge in [-0.2, -0.15) is 0 Å². The van der Waals surface area contributed by atoms with Crippen molar-refractivity contribution >= 4 is 23.9 Å². The van der Waals surface area contributed by atoms with Gasteiger partial charge in [0.15, 0.2) is 0 Å². The molecule has 0 radical (unpaired) electrons. The molecule has 0 fully saturated rings. The number of allylic oxidation sites excluding steroid dienone is 4. The Morgan fingerprint density at radius 2 is 1.11 bits per heavy atom. The van der Waals surface area contributed by atoms with Gasteiger partial charge in [-0.1, -0.05) is 12.1 Å². The predicted molar refractivity (Wildman–Crippen MR) is 160 cm³/mol. The zero-order valence-corrected chi connectivity index (χ0v) is 23.1. The first kappa shape index (κ1) is 28.6. The first-order chi connectivity index (χ1) is 18.5. The largest absolute Gasteiger partial charge is 0.388 e. The van der Waals surface area contributed by atoms with Crippen LogP contribution in [0.4, 0.5) is 0 Å². The number of hydrogen-bond donors (Lipinski definition) is 2. The topological polar surface area (TPSA) is 99.3 Å². The van der Waals surface area contributed by atoms with Crippen LogP contribution >= 0.6 is 0 Å². The maximum atomic E-state index is 4.79. The molecule has 2 aromatic heterocycles. The lowest BCUT2D eigenvalue weighted by atomic mass is 10.1. The first-order valence-electron chi connectivity index (χ1n) is 13.3. The first-order valence-corrected chi connectivity index (χ1v) is 13.3. The molecule has 0 saturated heterocycles. The summed E-state index contributed by atoms with van der Waals surface area (Å²) < 4.78 is 0. The Morgan fingerprint density at radius 3 is 1.50 bits per heavy atom. The van der Waals surface area contributed by atoms with E-state index in [4.69, 9.17) is 9.98 Å². The molecular formula is C30H40N8. The lowest BCUT2D eigenvalue weighted by Crippen LogP contribution is -2.20. The minimum Gasteiger partial charge on any atom is -0.388 e. The van der Waals surface area contributed by atoms with E-state index in [2.05, 4.69) is 44.4 Å². The van der Waals surface area contributed by atoms with Gasteiger partial charge in [-0.3, -0.25) is 29.9 Å². The summed E-state index contributed by atoms with van der Waals surface area (Å²) in [5, 5.41) is 7.02. The molecule has 200 valence electrons. The molecule has 3 heterocycles. The summed E-state index contributed by atoms with van der Waals surface area (Å²) >= 11 is 0. The number of hydrogen-bond acceptors (Lipinski definition) is 8. The fourth-order valence-corrected chi connectivity index (χ4v) is 3.99. The van der Waals surface area contributed by atoms with Crippen molar-refractivity contribution in [2.75, 3.05) is 39.3 Å². The molecule has 0 bridgehead atoms. The second-order valence-corrected chi connectivity index (χ2v) is 9.08. The highest BCUT2D eigenvalue weighted by molar-refractivity contribution is 6.16. The second-order valence-electron chi connectivity index (χ2n) is 9.08. The molecule has 0 aromatic carbocycles. The van der Waals surface area contributed by atoms with Gasteiger partial charge in [0.25, 0.3) is 0 Å². The van der Waals surface area contributed by atoms with Crippen LogP contribution in [0.5, 0.6) is 0 Å². The molecule has 0 spiro atoms. The van der Waals surface area contributed by atoms with Crippen LogP contribution in [0.1, 0.15) is 39.1 Å². The van der Waals surface area contributed by atoms with E-state index in [0.717, 1.165) is 71.3 Å². The van der Waals surface area contributed by atoms with Crippen LogP contribution in [0.3, 0.4) is 0 Å². The Morgan fingerprint density at radius 1 is 0.658 bits per heavy atom. The van der Waals surface area contributed by atoms with Crippen LogP contribution in [0, 0.1) is 0 Å². The SMILES string of the molecule is CC1=NCCN=C/C(=C(\C)NCCc2ccccn2)C(C)=NCCN=CC1=C(C)NCCc1ccccn1. The molecule has 38 heavy (non-hydrogen) atoms. The van der Waals surface area contributed by atoms with Crippen molar-refractivity contribution in [1.82, 2.24) is 20.6 Å². The summed E-state index contributed by atoms with van der Waals surface area (Å²) in [5.41, 5.74) is 8.18. The summed E-state index contributed by atoms with van der Waals surface area (Å²) in [6.07, 6.45) is 9.21. The summed E-state index contributed by atoms with van der Waals surface area (Å²) in [5.74, 6) is 0. The third-order valence-electron chi connectivity index (χ3n) is 6.18. The Hall–Kier alpha value is -3.94. The van der Waals surface area contributed by atoms with Crippen LogP contribution < -0.4 is 10.6 Å². The van der Waals surface area contributed by atoms with Crippen LogP contribution in [0.15, 0.2) is 91.3 Å². The molecule has 0 amide bonds. The lowest BCUT2D eigenvalue weighted by Gasteiger charge is -2.12. The normalized spacial score (nSPS) is 17.7. The summed E-state index contributed by atoms with van der Waals surface area (Å²) in [7, 11) is 0. The van der Waals surface area contributed by atoms with Gasteiger partial charge in [-0.25, -0.2) is 0 Å². The van der Waals surface area contributed by atoms with Gasteiger partial charge < -0.3 is 10.6 Å². The highest BCUT2D eigenvalue weighted by Crippen LogP contribution is 2.06. The average molecular weight is 513 g/mol. The Bertz CT molecular complexity index is 1100. The molecule has 1 aliphatic rings. The van der Waals surface area contributed by atoms with E-state index in [0.29, 0.717) is 26.2 Å². The molecule has 1 aliphatic heterocycles. The van der Waals surface area contributed by atoms with Crippen LogP contribution in [0.25, 0.3) is 0 Å². The number of rotatable bonds is 8. The standard InChI is InChI=1S/C30H40N8/c1-23(33-15-11-27-9-5-7-13-37-27)29-21-31-17-20-36-26(4)30(22-32-18-19-35-25(29)3)24(2)34-16-12-28-10-6-8-14-38-28/h5-10,13-14,21-22,33-34H,11-12,15-20H2,1-4H3/b29-23-,30-24?,31-21?,32-22?,35-25?,36-26?. The van der Waals surface area contributed by atoms with Crippen molar-refractivity contribution in [3.05, 3.63) is 82.7 Å². The third kappa shape index (κ3) is 9.84. The molecule has 0 saturated carbocycles. The second kappa shape index (κ2) is 16.0. The molecule has 3 rings (SSSR count). The van der Waals surface area contributed by atoms with Crippen molar-refractivity contribution in [3.8, 4) is 0 Å². The number of nitrogens with one attached hydrogen (secondary N) is 2. The Kier molecular flexibility index (Phi) is 12.1. The third-order valence-corrected chi connectivity index (χ3v) is 6.18. The highest BCUT2D eigenvalue weighted by atomic mass is 14.9. The van der Waals surface area contributed by atoms with Crippen molar-refractivity contribution in [2.45, 2.75) is 40.5 Å². The number of nitrogens with zero attached hydrogens (tertiary/aromatic N) is 6. The molecule has 8 heteroatoms. The molecule has 8 nitrogen and oxygen atoms in total. The minimum atomic E-state index is 0.603. The quantitative estimate of drug-likeness (QED) is 0.557. The highest BCUT2D eigenvalue weighted by Gasteiger charge is 2.07. The molecule has 0 aliphatic carbocycles. The zero-order valence-electron chi connectivity index (χ0n) is 23.1. The van der Waals surface area contributed by atoms with E-state index in [9.17, 15) is 0 Å². The van der Waals surface area contributed by atoms with Crippen LogP contribution in [-0.4, -0.2) is 73.1 Å². The van der Waals surface area contributed by atoms with Crippen molar-refractivity contribution in [3.63, 3.8) is 0 Å². The van der Waals surface area contributed by atoms with Gasteiger partial charge in [0.1, 0.15) is 0 Å². The van der Waals surface area contributed by atoms with Gasteiger partial charge in [0.2, 0.25) is 0 Å². The monoisotopic (exact) mass is 512 g/mol. The van der Waals surface area contributed by atoms with Crippen LogP contribution in [0.2, 0.25) is 0 Å². The van der Waals surface area contributed by atoms with Crippen molar-refractivity contribution in [2.24, 2.45) is 20.0 Å². The molecule has 0 atom stereocenters. The lowest BCUT2D eigenvalue weighted by molar-refractivity contribution is 0.772. The molecule has 0 unspecified atom stereocenters. The van der Waals surface area contributed by atoms with E-state index in [-0.39, 0.29) is 0 Å². The van der Waals surface area contributed by atoms with E-state index in [1.165, 1.54) is 0 Å². The maximum absolute atomic E-state index is 4.79. The molecule has 2 N–H and O–H groups in total. The summed E-state index contributed by atoms with van der Waals surface area (Å²) in [4.78, 5) is 27.7. The van der Waals surface area contributed by atoms with Crippen LogP contribution in [-0.2, 0) is 12.8 Å². The minimum absolute atomic E-state index is 0.603. The average Bonchev–Trinajstić information content (AvgIpc) is 2.93. The number of aliphatic imine (C=N–C) groups is 4. The zero-order chi connectivity index (χ0) is 27.0. The van der Waals surface area contributed by atoms with Crippen molar-refractivity contribution < 1.29 is 0 Å². The fourth-order valence-electron chi connectivity index (χ4n) is 3.99. The Balaban J connectivity index is 1.66. The predicted octanol–water partition coefficient (Wildman–Crippen LogP) is 4.07. The summed E-state index contributed by atoms with van der Waals surface area (Å²) in [6.45, 7) is 12.2. The van der Waals surface area contributed by atoms with E-state index in [1.54, 1.807) is 0 Å². The van der Waals surface area contributed by atoms with Gasteiger partial charge >= 0.3 is 0 Å².